The minimum Gasteiger partial charge on any atom is -0.345 e. The summed E-state index contributed by atoms with van der Waals surface area (Å²) in [5, 5.41) is 3.44. The Hall–Kier alpha value is -2.33. The predicted octanol–water partition coefficient (Wildman–Crippen LogP) is 6.37. The van der Waals surface area contributed by atoms with Gasteiger partial charge < -0.3 is 9.88 Å². The van der Waals surface area contributed by atoms with Crippen molar-refractivity contribution in [1.82, 2.24) is 14.9 Å². The Morgan fingerprint density at radius 3 is 2.45 bits per heavy atom. The van der Waals surface area contributed by atoms with E-state index < -0.39 is 0 Å². The van der Waals surface area contributed by atoms with Crippen LogP contribution in [0.4, 0.5) is 0 Å². The Balaban J connectivity index is 1.63. The molecule has 2 aromatic carbocycles. The number of rotatable bonds is 11. The summed E-state index contributed by atoms with van der Waals surface area (Å²) >= 11 is 6.14. The second-order valence-electron chi connectivity index (χ2n) is 7.45. The van der Waals surface area contributed by atoms with Gasteiger partial charge in [0.05, 0.1) is 28.2 Å². The van der Waals surface area contributed by atoms with Crippen LogP contribution in [0.25, 0.3) is 11.0 Å². The Morgan fingerprint density at radius 2 is 1.66 bits per heavy atom. The molecule has 0 aliphatic carbocycles. The molecule has 1 amide bonds. The number of carbonyl (C=O) groups excluding carboxylic acids is 1. The Kier molecular flexibility index (Phi) is 8.12. The standard InChI is InChI=1S/C24H30ClN3O/c1-2-3-4-5-6-7-12-17-28-22-16-11-10-15-21(22)27-23(28)18-26-24(29)19-13-8-9-14-20(19)25/h8-11,13-16H,2-7,12,17-18H2,1H3,(H,26,29). The Labute approximate surface area is 178 Å². The van der Waals surface area contributed by atoms with E-state index in [0.29, 0.717) is 17.1 Å². The molecule has 0 unspecified atom stereocenters. The highest BCUT2D eigenvalue weighted by Gasteiger charge is 2.13. The van der Waals surface area contributed by atoms with Crippen molar-refractivity contribution in [1.29, 1.82) is 0 Å². The van der Waals surface area contributed by atoms with Crippen molar-refractivity contribution < 1.29 is 4.79 Å². The molecule has 1 N–H and O–H groups in total. The number of fused-ring (bicyclic) bond motifs is 1. The summed E-state index contributed by atoms with van der Waals surface area (Å²) in [5.74, 6) is 0.711. The molecule has 0 atom stereocenters. The minimum absolute atomic E-state index is 0.176. The number of amides is 1. The van der Waals surface area contributed by atoms with Crippen LogP contribution in [0.5, 0.6) is 0 Å². The average Bonchev–Trinajstić information content (AvgIpc) is 3.09. The van der Waals surface area contributed by atoms with Gasteiger partial charge in [-0.2, -0.15) is 0 Å². The van der Waals surface area contributed by atoms with Crippen LogP contribution in [0.1, 0.15) is 68.1 Å². The second-order valence-corrected chi connectivity index (χ2v) is 7.86. The highest BCUT2D eigenvalue weighted by atomic mass is 35.5. The molecule has 0 bridgehead atoms. The molecule has 0 aliphatic rings. The van der Waals surface area contributed by atoms with Crippen LogP contribution in [-0.4, -0.2) is 15.5 Å². The molecule has 5 heteroatoms. The van der Waals surface area contributed by atoms with E-state index in [9.17, 15) is 4.79 Å². The van der Waals surface area contributed by atoms with Crippen molar-refractivity contribution in [3.8, 4) is 0 Å². The van der Waals surface area contributed by atoms with Gasteiger partial charge >= 0.3 is 0 Å². The van der Waals surface area contributed by atoms with Crippen LogP contribution in [0.15, 0.2) is 48.5 Å². The molecule has 0 saturated carbocycles. The van der Waals surface area contributed by atoms with E-state index >= 15 is 0 Å². The number of para-hydroxylation sites is 2. The highest BCUT2D eigenvalue weighted by molar-refractivity contribution is 6.33. The van der Waals surface area contributed by atoms with Crippen LogP contribution in [-0.2, 0) is 13.1 Å². The third kappa shape index (κ3) is 5.83. The van der Waals surface area contributed by atoms with E-state index in [1.54, 1.807) is 12.1 Å². The maximum atomic E-state index is 12.5. The zero-order valence-corrected chi connectivity index (χ0v) is 17.9. The number of nitrogens with one attached hydrogen (secondary N) is 1. The molecule has 1 heterocycles. The van der Waals surface area contributed by atoms with Crippen molar-refractivity contribution in [3.05, 3.63) is 64.9 Å². The Bertz CT molecular complexity index is 935. The quantitative estimate of drug-likeness (QED) is 0.372. The molecule has 29 heavy (non-hydrogen) atoms. The third-order valence-electron chi connectivity index (χ3n) is 5.24. The lowest BCUT2D eigenvalue weighted by molar-refractivity contribution is 0.0949. The first-order chi connectivity index (χ1) is 14.2. The van der Waals surface area contributed by atoms with E-state index in [-0.39, 0.29) is 5.91 Å². The molecule has 154 valence electrons. The lowest BCUT2D eigenvalue weighted by Gasteiger charge is -2.11. The number of hydrogen-bond donors (Lipinski definition) is 1. The molecule has 3 aromatic rings. The van der Waals surface area contributed by atoms with Gasteiger partial charge in [-0.1, -0.05) is 81.3 Å². The topological polar surface area (TPSA) is 46.9 Å². The van der Waals surface area contributed by atoms with Crippen molar-refractivity contribution in [2.24, 2.45) is 0 Å². The number of hydrogen-bond acceptors (Lipinski definition) is 2. The van der Waals surface area contributed by atoms with Gasteiger partial charge in [-0.25, -0.2) is 4.98 Å². The third-order valence-corrected chi connectivity index (χ3v) is 5.57. The lowest BCUT2D eigenvalue weighted by atomic mass is 10.1. The van der Waals surface area contributed by atoms with Crippen molar-refractivity contribution in [3.63, 3.8) is 0 Å². The van der Waals surface area contributed by atoms with Crippen LogP contribution in [0, 0.1) is 0 Å². The molecular formula is C24H30ClN3O. The summed E-state index contributed by atoms with van der Waals surface area (Å²) < 4.78 is 2.24. The van der Waals surface area contributed by atoms with Crippen LogP contribution in [0.3, 0.4) is 0 Å². The number of aromatic nitrogens is 2. The predicted molar refractivity (Wildman–Crippen MR) is 120 cm³/mol. The first-order valence-corrected chi connectivity index (χ1v) is 11.1. The monoisotopic (exact) mass is 411 g/mol. The summed E-state index contributed by atoms with van der Waals surface area (Å²) in [6.07, 6.45) is 8.90. The fourth-order valence-electron chi connectivity index (χ4n) is 3.64. The molecule has 0 saturated heterocycles. The summed E-state index contributed by atoms with van der Waals surface area (Å²) in [7, 11) is 0. The van der Waals surface area contributed by atoms with Crippen LogP contribution < -0.4 is 5.32 Å². The normalized spacial score (nSPS) is 11.1. The van der Waals surface area contributed by atoms with E-state index in [4.69, 9.17) is 16.6 Å². The van der Waals surface area contributed by atoms with Crippen molar-refractivity contribution >= 4 is 28.5 Å². The van der Waals surface area contributed by atoms with Crippen molar-refractivity contribution in [2.75, 3.05) is 0 Å². The zero-order chi connectivity index (χ0) is 20.5. The molecule has 0 spiro atoms. The van der Waals surface area contributed by atoms with Gasteiger partial charge in [0.1, 0.15) is 5.82 Å². The first-order valence-electron chi connectivity index (χ1n) is 10.7. The van der Waals surface area contributed by atoms with Gasteiger partial charge in [-0.3, -0.25) is 4.79 Å². The van der Waals surface area contributed by atoms with Crippen LogP contribution >= 0.6 is 11.6 Å². The summed E-state index contributed by atoms with van der Waals surface area (Å²) in [4.78, 5) is 17.3. The smallest absolute Gasteiger partial charge is 0.253 e. The number of unbranched alkanes of at least 4 members (excludes halogenated alkanes) is 6. The van der Waals surface area contributed by atoms with Gasteiger partial charge in [0.2, 0.25) is 0 Å². The molecule has 1 aromatic heterocycles. The molecule has 0 aliphatic heterocycles. The highest BCUT2D eigenvalue weighted by Crippen LogP contribution is 2.19. The summed E-state index contributed by atoms with van der Waals surface area (Å²) in [5.41, 5.74) is 2.59. The van der Waals surface area contributed by atoms with Crippen LogP contribution in [0.2, 0.25) is 5.02 Å². The maximum absolute atomic E-state index is 12.5. The molecule has 3 rings (SSSR count). The number of nitrogens with zero attached hydrogens (tertiary/aromatic N) is 2. The van der Waals surface area contributed by atoms with Gasteiger partial charge in [0.15, 0.2) is 0 Å². The van der Waals surface area contributed by atoms with E-state index in [2.05, 4.69) is 22.9 Å². The lowest BCUT2D eigenvalue weighted by Crippen LogP contribution is -2.25. The number of benzene rings is 2. The summed E-state index contributed by atoms with van der Waals surface area (Å²) in [6.45, 7) is 3.55. The molecular weight excluding hydrogens is 382 g/mol. The van der Waals surface area contributed by atoms with E-state index in [1.807, 2.05) is 30.3 Å². The molecule has 0 radical (unpaired) electrons. The minimum atomic E-state index is -0.176. The largest absolute Gasteiger partial charge is 0.345 e. The zero-order valence-electron chi connectivity index (χ0n) is 17.2. The number of imidazole rings is 1. The van der Waals surface area contributed by atoms with Gasteiger partial charge in [-0.15, -0.1) is 0 Å². The fourth-order valence-corrected chi connectivity index (χ4v) is 3.86. The number of carbonyl (C=O) groups is 1. The number of aryl methyl sites for hydroxylation is 1. The SMILES string of the molecule is CCCCCCCCCn1c(CNC(=O)c2ccccc2Cl)nc2ccccc21. The summed E-state index contributed by atoms with van der Waals surface area (Å²) in [6, 6.07) is 15.3. The molecule has 4 nitrogen and oxygen atoms in total. The Morgan fingerprint density at radius 1 is 0.966 bits per heavy atom. The number of halogens is 1. The molecule has 0 fully saturated rings. The first kappa shape index (κ1) is 21.4. The van der Waals surface area contributed by atoms with Gasteiger partial charge in [-0.05, 0) is 30.7 Å². The van der Waals surface area contributed by atoms with Gasteiger partial charge in [0.25, 0.3) is 5.91 Å². The van der Waals surface area contributed by atoms with E-state index in [0.717, 1.165) is 29.8 Å². The average molecular weight is 412 g/mol. The van der Waals surface area contributed by atoms with E-state index in [1.165, 1.54) is 38.5 Å². The van der Waals surface area contributed by atoms with Gasteiger partial charge in [0, 0.05) is 6.54 Å². The second kappa shape index (κ2) is 11.0. The maximum Gasteiger partial charge on any atom is 0.253 e. The fraction of sp³-hybridized carbons (Fsp3) is 0.417. The van der Waals surface area contributed by atoms with Crippen molar-refractivity contribution in [2.45, 2.75) is 65.0 Å².